The highest BCUT2D eigenvalue weighted by Crippen LogP contribution is 2.31. The van der Waals surface area contributed by atoms with Crippen molar-refractivity contribution in [1.29, 1.82) is 0 Å². The first-order valence-electron chi connectivity index (χ1n) is 7.76. The van der Waals surface area contributed by atoms with Crippen molar-refractivity contribution in [2.45, 2.75) is 64.6 Å². The molecule has 2 rings (SSSR count). The van der Waals surface area contributed by atoms with E-state index in [4.69, 9.17) is 9.47 Å². The summed E-state index contributed by atoms with van der Waals surface area (Å²) in [4.78, 5) is 0. The SMILES string of the molecule is COc1cc(CNC(C)C)ccc1OC1CCCCC1. The van der Waals surface area contributed by atoms with Gasteiger partial charge in [-0.25, -0.2) is 0 Å². The molecular formula is C17H27NO2. The second kappa shape index (κ2) is 7.53. The molecule has 0 amide bonds. The third-order valence-corrected chi connectivity index (χ3v) is 3.79. The van der Waals surface area contributed by atoms with Gasteiger partial charge in [-0.1, -0.05) is 26.3 Å². The van der Waals surface area contributed by atoms with Crippen LogP contribution < -0.4 is 14.8 Å². The number of rotatable bonds is 6. The zero-order valence-corrected chi connectivity index (χ0v) is 12.9. The van der Waals surface area contributed by atoms with E-state index < -0.39 is 0 Å². The second-order valence-corrected chi connectivity index (χ2v) is 5.90. The molecule has 1 aliphatic carbocycles. The first kappa shape index (κ1) is 15.2. The predicted molar refractivity (Wildman–Crippen MR) is 82.5 cm³/mol. The first-order valence-corrected chi connectivity index (χ1v) is 7.76. The number of methoxy groups -OCH3 is 1. The van der Waals surface area contributed by atoms with Crippen molar-refractivity contribution in [2.24, 2.45) is 0 Å². The van der Waals surface area contributed by atoms with Gasteiger partial charge in [0.1, 0.15) is 0 Å². The van der Waals surface area contributed by atoms with Gasteiger partial charge in [-0.05, 0) is 43.4 Å². The summed E-state index contributed by atoms with van der Waals surface area (Å²) in [7, 11) is 1.71. The van der Waals surface area contributed by atoms with Crippen LogP contribution in [-0.2, 0) is 6.54 Å². The van der Waals surface area contributed by atoms with Crippen LogP contribution in [-0.4, -0.2) is 19.3 Å². The highest BCUT2D eigenvalue weighted by atomic mass is 16.5. The lowest BCUT2D eigenvalue weighted by Crippen LogP contribution is -2.22. The van der Waals surface area contributed by atoms with Gasteiger partial charge in [0.15, 0.2) is 11.5 Å². The van der Waals surface area contributed by atoms with Crippen LogP contribution in [0.3, 0.4) is 0 Å². The van der Waals surface area contributed by atoms with E-state index >= 15 is 0 Å². The van der Waals surface area contributed by atoms with E-state index in [2.05, 4.69) is 31.3 Å². The minimum absolute atomic E-state index is 0.359. The van der Waals surface area contributed by atoms with Crippen LogP contribution in [0.15, 0.2) is 18.2 Å². The molecule has 1 aliphatic rings. The first-order chi connectivity index (χ1) is 9.69. The maximum atomic E-state index is 6.11. The summed E-state index contributed by atoms with van der Waals surface area (Å²) < 4.78 is 11.6. The molecule has 1 N–H and O–H groups in total. The second-order valence-electron chi connectivity index (χ2n) is 5.90. The van der Waals surface area contributed by atoms with Gasteiger partial charge >= 0.3 is 0 Å². The summed E-state index contributed by atoms with van der Waals surface area (Å²) in [6.07, 6.45) is 6.60. The van der Waals surface area contributed by atoms with Gasteiger partial charge in [0.05, 0.1) is 13.2 Å². The van der Waals surface area contributed by atoms with Crippen molar-refractivity contribution in [3.63, 3.8) is 0 Å². The summed E-state index contributed by atoms with van der Waals surface area (Å²) >= 11 is 0. The van der Waals surface area contributed by atoms with Crippen LogP contribution in [0.4, 0.5) is 0 Å². The van der Waals surface area contributed by atoms with Crippen LogP contribution in [0, 0.1) is 0 Å². The molecule has 1 aromatic carbocycles. The molecule has 112 valence electrons. The van der Waals surface area contributed by atoms with Crippen molar-refractivity contribution < 1.29 is 9.47 Å². The van der Waals surface area contributed by atoms with Gasteiger partial charge in [-0.15, -0.1) is 0 Å². The third-order valence-electron chi connectivity index (χ3n) is 3.79. The average molecular weight is 277 g/mol. The molecule has 0 saturated heterocycles. The molecule has 3 nitrogen and oxygen atoms in total. The molecule has 0 atom stereocenters. The molecule has 0 unspecified atom stereocenters. The minimum Gasteiger partial charge on any atom is -0.493 e. The van der Waals surface area contributed by atoms with Crippen LogP contribution in [0.5, 0.6) is 11.5 Å². The lowest BCUT2D eigenvalue weighted by atomic mass is 9.98. The number of nitrogens with one attached hydrogen (secondary N) is 1. The molecule has 0 aromatic heterocycles. The number of ether oxygens (including phenoxy) is 2. The third kappa shape index (κ3) is 4.41. The zero-order chi connectivity index (χ0) is 14.4. The zero-order valence-electron chi connectivity index (χ0n) is 12.9. The van der Waals surface area contributed by atoms with E-state index in [0.717, 1.165) is 18.0 Å². The summed E-state index contributed by atoms with van der Waals surface area (Å²) in [5.41, 5.74) is 1.23. The molecule has 3 heteroatoms. The Morgan fingerprint density at radius 2 is 1.90 bits per heavy atom. The van der Waals surface area contributed by atoms with Crippen molar-refractivity contribution in [1.82, 2.24) is 5.32 Å². The molecule has 20 heavy (non-hydrogen) atoms. The summed E-state index contributed by atoms with van der Waals surface area (Å²) in [5.74, 6) is 1.73. The Labute approximate surface area is 122 Å². The molecule has 0 bridgehead atoms. The van der Waals surface area contributed by atoms with E-state index in [-0.39, 0.29) is 0 Å². The number of hydrogen-bond donors (Lipinski definition) is 1. The fourth-order valence-corrected chi connectivity index (χ4v) is 2.60. The highest BCUT2D eigenvalue weighted by Gasteiger charge is 2.17. The number of benzene rings is 1. The quantitative estimate of drug-likeness (QED) is 0.855. The Morgan fingerprint density at radius 3 is 2.55 bits per heavy atom. The molecule has 1 saturated carbocycles. The van der Waals surface area contributed by atoms with E-state index in [0.29, 0.717) is 12.1 Å². The van der Waals surface area contributed by atoms with Crippen molar-refractivity contribution in [3.05, 3.63) is 23.8 Å². The minimum atomic E-state index is 0.359. The normalized spacial score (nSPS) is 16.4. The van der Waals surface area contributed by atoms with Gasteiger partial charge in [-0.3, -0.25) is 0 Å². The molecule has 1 aromatic rings. The molecule has 1 fully saturated rings. The Balaban J connectivity index is 2.01. The van der Waals surface area contributed by atoms with Gasteiger partial charge in [0, 0.05) is 12.6 Å². The van der Waals surface area contributed by atoms with E-state index in [1.54, 1.807) is 7.11 Å². The summed E-state index contributed by atoms with van der Waals surface area (Å²) in [6, 6.07) is 6.73. The fourth-order valence-electron chi connectivity index (χ4n) is 2.60. The lowest BCUT2D eigenvalue weighted by molar-refractivity contribution is 0.149. The predicted octanol–water partition coefficient (Wildman–Crippen LogP) is 3.90. The Morgan fingerprint density at radius 1 is 1.15 bits per heavy atom. The van der Waals surface area contributed by atoms with Gasteiger partial charge in [0.25, 0.3) is 0 Å². The van der Waals surface area contributed by atoms with E-state index in [9.17, 15) is 0 Å². The number of hydrogen-bond acceptors (Lipinski definition) is 3. The van der Waals surface area contributed by atoms with Gasteiger partial charge in [-0.2, -0.15) is 0 Å². The monoisotopic (exact) mass is 277 g/mol. The van der Waals surface area contributed by atoms with Crippen molar-refractivity contribution in [3.8, 4) is 11.5 Å². The van der Waals surface area contributed by atoms with Crippen LogP contribution in [0.2, 0.25) is 0 Å². The Kier molecular flexibility index (Phi) is 5.72. The Bertz CT molecular complexity index is 411. The Hall–Kier alpha value is -1.22. The maximum absolute atomic E-state index is 6.11. The topological polar surface area (TPSA) is 30.5 Å². The maximum Gasteiger partial charge on any atom is 0.161 e. The van der Waals surface area contributed by atoms with Crippen molar-refractivity contribution in [2.75, 3.05) is 7.11 Å². The lowest BCUT2D eigenvalue weighted by Gasteiger charge is -2.24. The molecule has 0 spiro atoms. The molecular weight excluding hydrogens is 250 g/mol. The van der Waals surface area contributed by atoms with Crippen LogP contribution >= 0.6 is 0 Å². The average Bonchev–Trinajstić information content (AvgIpc) is 2.47. The summed E-state index contributed by atoms with van der Waals surface area (Å²) in [5, 5.41) is 3.42. The summed E-state index contributed by atoms with van der Waals surface area (Å²) in [6.45, 7) is 5.16. The van der Waals surface area contributed by atoms with Gasteiger partial charge < -0.3 is 14.8 Å². The molecule has 0 heterocycles. The molecule has 0 radical (unpaired) electrons. The highest BCUT2D eigenvalue weighted by molar-refractivity contribution is 5.43. The van der Waals surface area contributed by atoms with Crippen LogP contribution in [0.25, 0.3) is 0 Å². The van der Waals surface area contributed by atoms with E-state index in [1.165, 1.54) is 37.7 Å². The standard InChI is InChI=1S/C17H27NO2/c1-13(2)18-12-14-9-10-16(17(11-14)19-3)20-15-7-5-4-6-8-15/h9-11,13,15,18H,4-8,12H2,1-3H3. The fraction of sp³-hybridized carbons (Fsp3) is 0.647. The van der Waals surface area contributed by atoms with Crippen LogP contribution in [0.1, 0.15) is 51.5 Å². The largest absolute Gasteiger partial charge is 0.493 e. The van der Waals surface area contributed by atoms with Crippen molar-refractivity contribution >= 4 is 0 Å². The van der Waals surface area contributed by atoms with E-state index in [1.807, 2.05) is 6.07 Å². The van der Waals surface area contributed by atoms with Gasteiger partial charge in [0.2, 0.25) is 0 Å². The smallest absolute Gasteiger partial charge is 0.161 e. The molecule has 0 aliphatic heterocycles.